The lowest BCUT2D eigenvalue weighted by molar-refractivity contribution is -0.181. The fraction of sp³-hybridized carbons (Fsp3) is 0.300. The lowest BCUT2D eigenvalue weighted by Gasteiger charge is -2.36. The van der Waals surface area contributed by atoms with Gasteiger partial charge in [0.2, 0.25) is 0 Å². The van der Waals surface area contributed by atoms with Gasteiger partial charge in [-0.2, -0.15) is 0 Å². The molecule has 0 bridgehead atoms. The topological polar surface area (TPSA) is 52.6 Å². The Hall–Kier alpha value is -2.62. The molecular formula is C20H20O4. The molecule has 0 N–H and O–H groups in total. The van der Waals surface area contributed by atoms with E-state index in [0.717, 1.165) is 17.5 Å². The van der Waals surface area contributed by atoms with Crippen molar-refractivity contribution in [3.8, 4) is 0 Å². The van der Waals surface area contributed by atoms with E-state index in [1.165, 1.54) is 0 Å². The highest BCUT2D eigenvalue weighted by molar-refractivity contribution is 6.01. The number of rotatable bonds is 6. The summed E-state index contributed by atoms with van der Waals surface area (Å²) in [6.45, 7) is 0.348. The number of hydrogen-bond acceptors (Lipinski definition) is 4. The molecule has 2 aromatic carbocycles. The van der Waals surface area contributed by atoms with Crippen molar-refractivity contribution in [3.63, 3.8) is 0 Å². The zero-order valence-corrected chi connectivity index (χ0v) is 13.4. The summed E-state index contributed by atoms with van der Waals surface area (Å²) in [6.07, 6.45) is 1.82. The van der Waals surface area contributed by atoms with Crippen LogP contribution in [0.2, 0.25) is 0 Å². The van der Waals surface area contributed by atoms with Gasteiger partial charge in [0.05, 0.1) is 0 Å². The van der Waals surface area contributed by atoms with Crippen LogP contribution in [0.25, 0.3) is 0 Å². The Balaban J connectivity index is 1.58. The number of carbonyl (C=O) groups excluding carboxylic acids is 2. The summed E-state index contributed by atoms with van der Waals surface area (Å²) >= 11 is 0. The van der Waals surface area contributed by atoms with E-state index in [1.54, 1.807) is 0 Å². The minimum atomic E-state index is -1.12. The number of benzene rings is 2. The van der Waals surface area contributed by atoms with E-state index in [0.29, 0.717) is 12.8 Å². The highest BCUT2D eigenvalue weighted by Gasteiger charge is 2.53. The van der Waals surface area contributed by atoms with Crippen molar-refractivity contribution in [3.05, 3.63) is 71.8 Å². The van der Waals surface area contributed by atoms with Crippen LogP contribution < -0.4 is 0 Å². The largest absolute Gasteiger partial charge is 0.460 e. The van der Waals surface area contributed by atoms with E-state index in [9.17, 15) is 9.59 Å². The summed E-state index contributed by atoms with van der Waals surface area (Å²) in [6, 6.07) is 18.9. The Bertz CT molecular complexity index is 633. The quantitative estimate of drug-likeness (QED) is 0.601. The van der Waals surface area contributed by atoms with Crippen LogP contribution in [0, 0.1) is 5.41 Å². The molecule has 124 valence electrons. The van der Waals surface area contributed by atoms with Gasteiger partial charge >= 0.3 is 11.9 Å². The maximum Gasteiger partial charge on any atom is 0.323 e. The van der Waals surface area contributed by atoms with Crippen molar-refractivity contribution in [2.45, 2.75) is 32.5 Å². The lowest BCUT2D eigenvalue weighted by Crippen LogP contribution is -2.47. The number of ether oxygens (including phenoxy) is 2. The molecule has 0 aromatic heterocycles. The molecule has 0 aliphatic heterocycles. The lowest BCUT2D eigenvalue weighted by atomic mass is 9.69. The molecule has 0 radical (unpaired) electrons. The normalized spacial score (nSPS) is 15.2. The van der Waals surface area contributed by atoms with Crippen LogP contribution in [0.1, 0.15) is 30.4 Å². The molecule has 2 aromatic rings. The van der Waals surface area contributed by atoms with Crippen molar-refractivity contribution in [2.75, 3.05) is 0 Å². The van der Waals surface area contributed by atoms with Crippen molar-refractivity contribution in [1.29, 1.82) is 0 Å². The van der Waals surface area contributed by atoms with Gasteiger partial charge in [-0.25, -0.2) is 0 Å². The standard InChI is InChI=1S/C20H20O4/c21-18(23-14-16-8-3-1-4-9-16)20(12-7-13-20)19(22)24-15-17-10-5-2-6-11-17/h1-6,8-11H,7,12-15H2. The average Bonchev–Trinajstić information content (AvgIpc) is 2.59. The average molecular weight is 324 g/mol. The first-order valence-corrected chi connectivity index (χ1v) is 8.13. The first-order chi connectivity index (χ1) is 11.7. The van der Waals surface area contributed by atoms with Crippen molar-refractivity contribution < 1.29 is 19.1 Å². The van der Waals surface area contributed by atoms with Gasteiger partial charge in [-0.1, -0.05) is 60.7 Å². The molecule has 4 heteroatoms. The summed E-state index contributed by atoms with van der Waals surface area (Å²) in [5, 5.41) is 0. The maximum atomic E-state index is 12.5. The fourth-order valence-corrected chi connectivity index (χ4v) is 2.74. The summed E-state index contributed by atoms with van der Waals surface area (Å²) in [5.41, 5.74) is 0.680. The fourth-order valence-electron chi connectivity index (χ4n) is 2.74. The van der Waals surface area contributed by atoms with E-state index >= 15 is 0 Å². The summed E-state index contributed by atoms with van der Waals surface area (Å²) in [7, 11) is 0. The summed E-state index contributed by atoms with van der Waals surface area (Å²) in [5.74, 6) is -0.952. The Morgan fingerprint density at radius 1 is 0.750 bits per heavy atom. The van der Waals surface area contributed by atoms with Gasteiger partial charge in [0.15, 0.2) is 5.41 Å². The van der Waals surface area contributed by atoms with Gasteiger partial charge in [0, 0.05) is 0 Å². The van der Waals surface area contributed by atoms with Crippen LogP contribution in [0.5, 0.6) is 0 Å². The van der Waals surface area contributed by atoms with E-state index < -0.39 is 17.4 Å². The summed E-state index contributed by atoms with van der Waals surface area (Å²) < 4.78 is 10.7. The first kappa shape index (κ1) is 16.2. The van der Waals surface area contributed by atoms with Gasteiger partial charge in [0.1, 0.15) is 13.2 Å². The van der Waals surface area contributed by atoms with Crippen molar-refractivity contribution in [1.82, 2.24) is 0 Å². The Morgan fingerprint density at radius 3 is 1.50 bits per heavy atom. The van der Waals surface area contributed by atoms with E-state index in [2.05, 4.69) is 0 Å². The number of hydrogen-bond donors (Lipinski definition) is 0. The van der Waals surface area contributed by atoms with Crippen LogP contribution in [0.4, 0.5) is 0 Å². The van der Waals surface area contributed by atoms with Crippen LogP contribution >= 0.6 is 0 Å². The monoisotopic (exact) mass is 324 g/mol. The second-order valence-electron chi connectivity index (χ2n) is 6.06. The van der Waals surface area contributed by atoms with Crippen LogP contribution in [0.15, 0.2) is 60.7 Å². The zero-order chi connectivity index (χ0) is 16.8. The molecule has 4 nitrogen and oxygen atoms in total. The molecule has 24 heavy (non-hydrogen) atoms. The smallest absolute Gasteiger partial charge is 0.323 e. The molecule has 1 aliphatic rings. The molecule has 1 saturated carbocycles. The highest BCUT2D eigenvalue weighted by Crippen LogP contribution is 2.43. The third kappa shape index (κ3) is 3.48. The number of carbonyl (C=O) groups is 2. The molecule has 0 spiro atoms. The molecule has 0 unspecified atom stereocenters. The van der Waals surface area contributed by atoms with Gasteiger partial charge in [-0.3, -0.25) is 9.59 Å². The van der Waals surface area contributed by atoms with Crippen molar-refractivity contribution in [2.24, 2.45) is 5.41 Å². The van der Waals surface area contributed by atoms with Gasteiger partial charge in [-0.05, 0) is 30.4 Å². The van der Waals surface area contributed by atoms with Crippen LogP contribution in [-0.2, 0) is 32.3 Å². The second kappa shape index (κ2) is 7.30. The zero-order valence-electron chi connectivity index (χ0n) is 13.4. The van der Waals surface area contributed by atoms with Crippen LogP contribution in [-0.4, -0.2) is 11.9 Å². The first-order valence-electron chi connectivity index (χ1n) is 8.13. The minimum Gasteiger partial charge on any atom is -0.460 e. The summed E-state index contributed by atoms with van der Waals surface area (Å²) in [4.78, 5) is 24.9. The van der Waals surface area contributed by atoms with Gasteiger partial charge in [0.25, 0.3) is 0 Å². The molecule has 0 heterocycles. The third-order valence-corrected chi connectivity index (χ3v) is 4.41. The predicted octanol–water partition coefficient (Wildman–Crippen LogP) is 3.64. The predicted molar refractivity (Wildman–Crippen MR) is 88.8 cm³/mol. The second-order valence-corrected chi connectivity index (χ2v) is 6.06. The minimum absolute atomic E-state index is 0.174. The van der Waals surface area contributed by atoms with E-state index in [1.807, 2.05) is 60.7 Å². The Labute approximate surface area is 141 Å². The Morgan fingerprint density at radius 2 is 1.17 bits per heavy atom. The van der Waals surface area contributed by atoms with Gasteiger partial charge < -0.3 is 9.47 Å². The molecule has 0 saturated heterocycles. The van der Waals surface area contributed by atoms with Crippen molar-refractivity contribution >= 4 is 11.9 Å². The van der Waals surface area contributed by atoms with Gasteiger partial charge in [-0.15, -0.1) is 0 Å². The Kier molecular flexibility index (Phi) is 4.94. The van der Waals surface area contributed by atoms with E-state index in [-0.39, 0.29) is 13.2 Å². The van der Waals surface area contributed by atoms with E-state index in [4.69, 9.17) is 9.47 Å². The maximum absolute atomic E-state index is 12.5. The molecule has 0 atom stereocenters. The molecule has 0 amide bonds. The molecule has 1 fully saturated rings. The highest BCUT2D eigenvalue weighted by atomic mass is 16.6. The third-order valence-electron chi connectivity index (χ3n) is 4.41. The number of esters is 2. The molecule has 1 aliphatic carbocycles. The molecular weight excluding hydrogens is 304 g/mol. The SMILES string of the molecule is O=C(OCc1ccccc1)C1(C(=O)OCc2ccccc2)CCC1. The molecule has 3 rings (SSSR count). The van der Waals surface area contributed by atoms with Crippen LogP contribution in [0.3, 0.4) is 0 Å².